The van der Waals surface area contributed by atoms with Gasteiger partial charge >= 0.3 is 0 Å². The molecule has 1 aromatic heterocycles. The zero-order chi connectivity index (χ0) is 18.6. The van der Waals surface area contributed by atoms with Crippen molar-refractivity contribution in [1.29, 1.82) is 0 Å². The molecule has 0 atom stereocenters. The number of para-hydroxylation sites is 1. The van der Waals surface area contributed by atoms with E-state index in [1.807, 2.05) is 68.4 Å². The van der Waals surface area contributed by atoms with Gasteiger partial charge in [0.2, 0.25) is 5.91 Å². The Labute approximate surface area is 152 Å². The standard InChI is InChI=1S/C22H22N2O2/c1-22(2,15-16-8-4-3-5-9-16)24-20(25)13-12-18-14-17-10-6-7-11-19(17)23-21(18)26/h3-14H,15H2,1-2H3,(H,23,26)(H,24,25)/b13-12+. The lowest BCUT2D eigenvalue weighted by atomic mass is 9.95. The fourth-order valence-electron chi connectivity index (χ4n) is 2.98. The first-order chi connectivity index (χ1) is 12.4. The summed E-state index contributed by atoms with van der Waals surface area (Å²) in [5, 5.41) is 3.92. The van der Waals surface area contributed by atoms with Crippen LogP contribution < -0.4 is 10.9 Å². The van der Waals surface area contributed by atoms with Crippen molar-refractivity contribution in [3.8, 4) is 0 Å². The predicted molar refractivity (Wildman–Crippen MR) is 106 cm³/mol. The number of pyridine rings is 1. The molecule has 4 heteroatoms. The van der Waals surface area contributed by atoms with E-state index in [4.69, 9.17) is 0 Å². The normalized spacial score (nSPS) is 11.8. The fourth-order valence-corrected chi connectivity index (χ4v) is 2.98. The van der Waals surface area contributed by atoms with Crippen LogP contribution in [-0.4, -0.2) is 16.4 Å². The average Bonchev–Trinajstić information content (AvgIpc) is 2.60. The number of fused-ring (bicyclic) bond motifs is 1. The molecule has 1 amide bonds. The maximum Gasteiger partial charge on any atom is 0.255 e. The molecule has 0 saturated carbocycles. The van der Waals surface area contributed by atoms with Gasteiger partial charge in [-0.2, -0.15) is 0 Å². The van der Waals surface area contributed by atoms with E-state index in [9.17, 15) is 9.59 Å². The van der Waals surface area contributed by atoms with E-state index in [1.165, 1.54) is 6.08 Å². The Morgan fingerprint density at radius 1 is 1.08 bits per heavy atom. The third-order valence-corrected chi connectivity index (χ3v) is 4.15. The number of rotatable bonds is 5. The third-order valence-electron chi connectivity index (χ3n) is 4.15. The van der Waals surface area contributed by atoms with Crippen LogP contribution in [0.5, 0.6) is 0 Å². The minimum Gasteiger partial charge on any atom is -0.347 e. The lowest BCUT2D eigenvalue weighted by Gasteiger charge is -2.25. The first kappa shape index (κ1) is 17.7. The molecular weight excluding hydrogens is 324 g/mol. The topological polar surface area (TPSA) is 62.0 Å². The number of aromatic nitrogens is 1. The summed E-state index contributed by atoms with van der Waals surface area (Å²) in [6.07, 6.45) is 3.69. The lowest BCUT2D eigenvalue weighted by molar-refractivity contribution is -0.117. The quantitative estimate of drug-likeness (QED) is 0.692. The molecule has 0 radical (unpaired) electrons. The molecule has 26 heavy (non-hydrogen) atoms. The highest BCUT2D eigenvalue weighted by atomic mass is 16.1. The van der Waals surface area contributed by atoms with Crippen molar-refractivity contribution >= 4 is 22.9 Å². The van der Waals surface area contributed by atoms with Gasteiger partial charge in [-0.05, 0) is 49.4 Å². The summed E-state index contributed by atoms with van der Waals surface area (Å²) >= 11 is 0. The van der Waals surface area contributed by atoms with Gasteiger partial charge in [-0.1, -0.05) is 48.5 Å². The zero-order valence-corrected chi connectivity index (χ0v) is 15.0. The van der Waals surface area contributed by atoms with E-state index in [0.717, 1.165) is 22.9 Å². The molecule has 1 heterocycles. The van der Waals surface area contributed by atoms with E-state index in [1.54, 1.807) is 12.1 Å². The van der Waals surface area contributed by atoms with Gasteiger partial charge in [0.05, 0.1) is 0 Å². The van der Waals surface area contributed by atoms with Gasteiger partial charge in [0.25, 0.3) is 5.56 Å². The molecule has 0 bridgehead atoms. The second-order valence-electron chi connectivity index (χ2n) is 7.01. The van der Waals surface area contributed by atoms with Crippen LogP contribution in [0.2, 0.25) is 0 Å². The van der Waals surface area contributed by atoms with Crippen LogP contribution in [0.1, 0.15) is 25.0 Å². The van der Waals surface area contributed by atoms with Gasteiger partial charge in [-0.25, -0.2) is 0 Å². The maximum atomic E-state index is 12.3. The van der Waals surface area contributed by atoms with E-state index in [-0.39, 0.29) is 11.5 Å². The predicted octanol–water partition coefficient (Wildman–Crippen LogP) is 3.68. The molecule has 0 unspecified atom stereocenters. The first-order valence-electron chi connectivity index (χ1n) is 8.59. The number of carbonyl (C=O) groups excluding carboxylic acids is 1. The van der Waals surface area contributed by atoms with Gasteiger partial charge in [-0.15, -0.1) is 0 Å². The Hall–Kier alpha value is -3.14. The maximum absolute atomic E-state index is 12.3. The van der Waals surface area contributed by atoms with Gasteiger partial charge in [0.15, 0.2) is 0 Å². The van der Waals surface area contributed by atoms with Gasteiger partial charge in [0, 0.05) is 22.7 Å². The summed E-state index contributed by atoms with van der Waals surface area (Å²) in [6.45, 7) is 3.96. The van der Waals surface area contributed by atoms with E-state index in [0.29, 0.717) is 5.56 Å². The molecule has 4 nitrogen and oxygen atoms in total. The van der Waals surface area contributed by atoms with Gasteiger partial charge in [0.1, 0.15) is 0 Å². The highest BCUT2D eigenvalue weighted by molar-refractivity contribution is 5.92. The summed E-state index contributed by atoms with van der Waals surface area (Å²) in [4.78, 5) is 27.2. The number of nitrogens with one attached hydrogen (secondary N) is 2. The summed E-state index contributed by atoms with van der Waals surface area (Å²) in [5.74, 6) is -0.224. The van der Waals surface area contributed by atoms with Crippen molar-refractivity contribution in [3.63, 3.8) is 0 Å². The summed E-state index contributed by atoms with van der Waals surface area (Å²) in [6, 6.07) is 19.4. The largest absolute Gasteiger partial charge is 0.347 e. The molecule has 132 valence electrons. The summed E-state index contributed by atoms with van der Waals surface area (Å²) < 4.78 is 0. The van der Waals surface area contributed by atoms with Crippen LogP contribution >= 0.6 is 0 Å². The molecule has 3 aromatic rings. The Balaban J connectivity index is 1.71. The molecule has 0 spiro atoms. The van der Waals surface area contributed by atoms with Crippen molar-refractivity contribution in [2.45, 2.75) is 25.8 Å². The number of hydrogen-bond donors (Lipinski definition) is 2. The number of benzene rings is 2. The van der Waals surface area contributed by atoms with E-state index < -0.39 is 5.54 Å². The van der Waals surface area contributed by atoms with Crippen molar-refractivity contribution in [1.82, 2.24) is 10.3 Å². The average molecular weight is 346 g/mol. The van der Waals surface area contributed by atoms with E-state index >= 15 is 0 Å². The molecule has 0 saturated heterocycles. The lowest BCUT2D eigenvalue weighted by Crippen LogP contribution is -2.44. The molecule has 0 fully saturated rings. The van der Waals surface area contributed by atoms with E-state index in [2.05, 4.69) is 10.3 Å². The Bertz CT molecular complexity index is 1000. The molecule has 0 aliphatic carbocycles. The van der Waals surface area contributed by atoms with Crippen LogP contribution in [0.15, 0.2) is 71.5 Å². The minimum atomic E-state index is -0.390. The molecular formula is C22H22N2O2. The summed E-state index contributed by atoms with van der Waals surface area (Å²) in [7, 11) is 0. The number of amides is 1. The first-order valence-corrected chi connectivity index (χ1v) is 8.59. The van der Waals surface area contributed by atoms with Gasteiger partial charge < -0.3 is 10.3 Å². The number of hydrogen-bond acceptors (Lipinski definition) is 2. The molecule has 3 rings (SSSR count). The van der Waals surface area contributed by atoms with Gasteiger partial charge in [-0.3, -0.25) is 9.59 Å². The Morgan fingerprint density at radius 2 is 1.77 bits per heavy atom. The Morgan fingerprint density at radius 3 is 2.54 bits per heavy atom. The van der Waals surface area contributed by atoms with Crippen molar-refractivity contribution in [2.75, 3.05) is 0 Å². The minimum absolute atomic E-state index is 0.212. The van der Waals surface area contributed by atoms with Crippen LogP contribution in [0.4, 0.5) is 0 Å². The second kappa shape index (κ2) is 7.40. The highest BCUT2D eigenvalue weighted by Gasteiger charge is 2.19. The molecule has 2 aromatic carbocycles. The van der Waals surface area contributed by atoms with Crippen molar-refractivity contribution in [2.24, 2.45) is 0 Å². The van der Waals surface area contributed by atoms with Crippen molar-refractivity contribution in [3.05, 3.63) is 88.2 Å². The summed E-state index contributed by atoms with van der Waals surface area (Å²) in [5.41, 5.74) is 1.80. The van der Waals surface area contributed by atoms with Crippen LogP contribution in [0, 0.1) is 0 Å². The van der Waals surface area contributed by atoms with Crippen molar-refractivity contribution < 1.29 is 4.79 Å². The SMILES string of the molecule is CC(C)(Cc1ccccc1)NC(=O)/C=C/c1cc2ccccc2[nH]c1=O. The third kappa shape index (κ3) is 4.48. The van der Waals surface area contributed by atoms with Crippen LogP contribution in [-0.2, 0) is 11.2 Å². The monoisotopic (exact) mass is 346 g/mol. The molecule has 0 aliphatic rings. The fraction of sp³-hybridized carbons (Fsp3) is 0.182. The number of aromatic amines is 1. The van der Waals surface area contributed by atoms with Crippen LogP contribution in [0.3, 0.4) is 0 Å². The number of H-pyrrole nitrogens is 1. The molecule has 2 N–H and O–H groups in total. The zero-order valence-electron chi connectivity index (χ0n) is 15.0. The smallest absolute Gasteiger partial charge is 0.255 e. The second-order valence-corrected chi connectivity index (χ2v) is 7.01. The molecule has 0 aliphatic heterocycles. The Kier molecular flexibility index (Phi) is 5.03. The van der Waals surface area contributed by atoms with Crippen LogP contribution in [0.25, 0.3) is 17.0 Å². The highest BCUT2D eigenvalue weighted by Crippen LogP contribution is 2.13. The number of carbonyl (C=O) groups is 1.